The highest BCUT2D eigenvalue weighted by atomic mass is 35.5. The lowest BCUT2D eigenvalue weighted by atomic mass is 10.4. The van der Waals surface area contributed by atoms with E-state index in [9.17, 15) is 0 Å². The number of thiophene rings is 1. The standard InChI is InChI=1S/C5H3NS.ClH/c6-3-5-1-2-7-4-5;/h1-2,4H;1H. The second-order valence-corrected chi connectivity index (χ2v) is 1.90. The highest BCUT2D eigenvalue weighted by molar-refractivity contribution is 7.08. The van der Waals surface area contributed by atoms with Gasteiger partial charge < -0.3 is 0 Å². The van der Waals surface area contributed by atoms with Gasteiger partial charge in [0.2, 0.25) is 0 Å². The van der Waals surface area contributed by atoms with Gasteiger partial charge in [0.25, 0.3) is 0 Å². The summed E-state index contributed by atoms with van der Waals surface area (Å²) in [6.07, 6.45) is 0. The van der Waals surface area contributed by atoms with Crippen molar-refractivity contribution in [1.82, 2.24) is 0 Å². The van der Waals surface area contributed by atoms with Crippen molar-refractivity contribution in [2.24, 2.45) is 0 Å². The van der Waals surface area contributed by atoms with E-state index in [0.717, 1.165) is 5.56 Å². The Balaban J connectivity index is 0.000000490. The van der Waals surface area contributed by atoms with E-state index >= 15 is 0 Å². The molecule has 0 atom stereocenters. The van der Waals surface area contributed by atoms with Gasteiger partial charge in [0.15, 0.2) is 0 Å². The molecule has 0 saturated carbocycles. The largest absolute Gasteiger partial charge is 0.192 e. The van der Waals surface area contributed by atoms with Gasteiger partial charge in [-0.25, -0.2) is 0 Å². The molecule has 0 amide bonds. The molecule has 8 heavy (non-hydrogen) atoms. The lowest BCUT2D eigenvalue weighted by molar-refractivity contribution is 1.51. The summed E-state index contributed by atoms with van der Waals surface area (Å²) in [5.74, 6) is 0. The first-order chi connectivity index (χ1) is 3.43. The Hall–Kier alpha value is -0.520. The fourth-order valence-corrected chi connectivity index (χ4v) is 0.910. The predicted octanol–water partition coefficient (Wildman–Crippen LogP) is 2.04. The Labute approximate surface area is 58.0 Å². The second-order valence-electron chi connectivity index (χ2n) is 1.12. The van der Waals surface area contributed by atoms with Crippen LogP contribution >= 0.6 is 23.7 Å². The van der Waals surface area contributed by atoms with Crippen molar-refractivity contribution in [3.63, 3.8) is 0 Å². The summed E-state index contributed by atoms with van der Waals surface area (Å²) in [5, 5.41) is 11.9. The monoisotopic (exact) mass is 145 g/mol. The molecule has 0 spiro atoms. The van der Waals surface area contributed by atoms with Crippen molar-refractivity contribution in [2.45, 2.75) is 0 Å². The molecule has 0 fully saturated rings. The Morgan fingerprint density at radius 3 is 2.62 bits per heavy atom. The van der Waals surface area contributed by atoms with Gasteiger partial charge in [-0.3, -0.25) is 0 Å². The van der Waals surface area contributed by atoms with E-state index in [4.69, 9.17) is 5.26 Å². The van der Waals surface area contributed by atoms with Crippen LogP contribution in [0.2, 0.25) is 0 Å². The topological polar surface area (TPSA) is 23.8 Å². The zero-order valence-electron chi connectivity index (χ0n) is 4.00. The minimum absolute atomic E-state index is 0. The summed E-state index contributed by atoms with van der Waals surface area (Å²) in [6.45, 7) is 0. The van der Waals surface area contributed by atoms with Crippen LogP contribution in [0.25, 0.3) is 0 Å². The van der Waals surface area contributed by atoms with Crippen molar-refractivity contribution in [3.05, 3.63) is 22.4 Å². The molecular weight excluding hydrogens is 142 g/mol. The van der Waals surface area contributed by atoms with E-state index in [0.29, 0.717) is 0 Å². The average molecular weight is 146 g/mol. The van der Waals surface area contributed by atoms with Crippen molar-refractivity contribution >= 4 is 23.7 Å². The Morgan fingerprint density at radius 1 is 1.62 bits per heavy atom. The Kier molecular flexibility index (Phi) is 3.25. The van der Waals surface area contributed by atoms with Gasteiger partial charge in [-0.05, 0) is 11.4 Å². The van der Waals surface area contributed by atoms with Crippen LogP contribution in [0, 0.1) is 11.3 Å². The molecule has 0 radical (unpaired) electrons. The van der Waals surface area contributed by atoms with E-state index in [1.165, 1.54) is 0 Å². The van der Waals surface area contributed by atoms with E-state index in [1.807, 2.05) is 16.8 Å². The summed E-state index contributed by atoms with van der Waals surface area (Å²) in [4.78, 5) is 0. The third kappa shape index (κ3) is 1.53. The van der Waals surface area contributed by atoms with Gasteiger partial charge in [0.1, 0.15) is 0 Å². The molecular formula is C5H4ClNS. The molecule has 0 unspecified atom stereocenters. The predicted molar refractivity (Wildman–Crippen MR) is 36.3 cm³/mol. The highest BCUT2D eigenvalue weighted by Crippen LogP contribution is 2.02. The molecule has 0 bridgehead atoms. The van der Waals surface area contributed by atoms with Crippen molar-refractivity contribution in [2.75, 3.05) is 0 Å². The summed E-state index contributed by atoms with van der Waals surface area (Å²) in [7, 11) is 0. The molecule has 1 aromatic rings. The zero-order valence-corrected chi connectivity index (χ0v) is 5.63. The maximum absolute atomic E-state index is 8.18. The summed E-state index contributed by atoms with van der Waals surface area (Å²) >= 11 is 1.54. The van der Waals surface area contributed by atoms with Crippen molar-refractivity contribution in [1.29, 1.82) is 5.26 Å². The third-order valence-electron chi connectivity index (χ3n) is 0.650. The lowest BCUT2D eigenvalue weighted by Crippen LogP contribution is -1.54. The highest BCUT2D eigenvalue weighted by Gasteiger charge is 1.82. The van der Waals surface area contributed by atoms with Crippen LogP contribution in [-0.4, -0.2) is 0 Å². The second kappa shape index (κ2) is 3.48. The number of nitrogens with zero attached hydrogens (tertiary/aromatic N) is 1. The molecule has 1 heterocycles. The van der Waals surface area contributed by atoms with Crippen molar-refractivity contribution in [3.8, 4) is 6.07 Å². The number of rotatable bonds is 0. The van der Waals surface area contributed by atoms with Crippen LogP contribution in [0.1, 0.15) is 5.56 Å². The summed E-state index contributed by atoms with van der Waals surface area (Å²) in [6, 6.07) is 3.81. The molecule has 0 aromatic carbocycles. The molecule has 0 aliphatic rings. The molecule has 1 nitrogen and oxygen atoms in total. The third-order valence-corrected chi connectivity index (χ3v) is 1.33. The van der Waals surface area contributed by atoms with E-state index < -0.39 is 0 Å². The number of halogens is 1. The van der Waals surface area contributed by atoms with E-state index in [-0.39, 0.29) is 12.4 Å². The van der Waals surface area contributed by atoms with Crippen LogP contribution in [0.15, 0.2) is 16.8 Å². The quantitative estimate of drug-likeness (QED) is 0.548. The minimum atomic E-state index is 0. The van der Waals surface area contributed by atoms with Crippen LogP contribution in [0.5, 0.6) is 0 Å². The van der Waals surface area contributed by atoms with Crippen molar-refractivity contribution < 1.29 is 0 Å². The van der Waals surface area contributed by atoms with Gasteiger partial charge in [-0.15, -0.1) is 12.4 Å². The fraction of sp³-hybridized carbons (Fsp3) is 0. The normalized spacial score (nSPS) is 6.88. The SMILES string of the molecule is Cl.N#Cc1ccsc1. The molecule has 3 heteroatoms. The maximum Gasteiger partial charge on any atom is 0.1000 e. The molecule has 0 N–H and O–H groups in total. The van der Waals surface area contributed by atoms with Gasteiger partial charge >= 0.3 is 0 Å². The van der Waals surface area contributed by atoms with Crippen LogP contribution in [0.3, 0.4) is 0 Å². The Morgan fingerprint density at radius 2 is 2.38 bits per heavy atom. The molecule has 0 aliphatic carbocycles. The molecule has 0 aliphatic heterocycles. The van der Waals surface area contributed by atoms with E-state index in [1.54, 1.807) is 17.4 Å². The Bertz CT molecular complexity index is 175. The first-order valence-electron chi connectivity index (χ1n) is 1.86. The first-order valence-corrected chi connectivity index (χ1v) is 2.80. The van der Waals surface area contributed by atoms with Gasteiger partial charge in [0, 0.05) is 5.38 Å². The smallest absolute Gasteiger partial charge is 0.1000 e. The van der Waals surface area contributed by atoms with Gasteiger partial charge in [-0.2, -0.15) is 16.6 Å². The number of hydrogen-bond donors (Lipinski definition) is 0. The average Bonchev–Trinajstić information content (AvgIpc) is 2.14. The van der Waals surface area contributed by atoms with Gasteiger partial charge in [-0.1, -0.05) is 0 Å². The fourth-order valence-electron chi connectivity index (χ4n) is 0.328. The lowest BCUT2D eigenvalue weighted by Gasteiger charge is -1.62. The van der Waals surface area contributed by atoms with Gasteiger partial charge in [0.05, 0.1) is 11.6 Å². The zero-order chi connectivity index (χ0) is 5.11. The van der Waals surface area contributed by atoms with Crippen LogP contribution < -0.4 is 0 Å². The first kappa shape index (κ1) is 7.48. The maximum atomic E-state index is 8.18. The minimum Gasteiger partial charge on any atom is -0.192 e. The summed E-state index contributed by atoms with van der Waals surface area (Å²) < 4.78 is 0. The van der Waals surface area contributed by atoms with Crippen LogP contribution in [0.4, 0.5) is 0 Å². The summed E-state index contributed by atoms with van der Waals surface area (Å²) in [5.41, 5.74) is 0.755. The van der Waals surface area contributed by atoms with Crippen LogP contribution in [-0.2, 0) is 0 Å². The molecule has 42 valence electrons. The van der Waals surface area contributed by atoms with E-state index in [2.05, 4.69) is 0 Å². The number of nitriles is 1. The molecule has 0 saturated heterocycles. The molecule has 1 aromatic heterocycles. The number of hydrogen-bond acceptors (Lipinski definition) is 2. The molecule has 1 rings (SSSR count).